The molecule has 2 N–H and O–H groups in total. The highest BCUT2D eigenvalue weighted by atomic mass is 35.5. The van der Waals surface area contributed by atoms with Gasteiger partial charge in [0.1, 0.15) is 11.5 Å². The van der Waals surface area contributed by atoms with Gasteiger partial charge in [-0.3, -0.25) is 0 Å². The van der Waals surface area contributed by atoms with Gasteiger partial charge in [0.25, 0.3) is 0 Å². The molecule has 0 saturated heterocycles. The summed E-state index contributed by atoms with van der Waals surface area (Å²) in [4.78, 5) is 4.43. The predicted octanol–water partition coefficient (Wildman–Crippen LogP) is 3.94. The Morgan fingerprint density at radius 2 is 1.85 bits per heavy atom. The summed E-state index contributed by atoms with van der Waals surface area (Å²) in [6, 6.07) is 13.2. The lowest BCUT2D eigenvalue weighted by Crippen LogP contribution is -2.09. The van der Waals surface area contributed by atoms with Crippen LogP contribution in [-0.4, -0.2) is 35.9 Å². The van der Waals surface area contributed by atoms with Crippen molar-refractivity contribution >= 4 is 29.1 Å². The maximum atomic E-state index is 5.90. The van der Waals surface area contributed by atoms with Crippen molar-refractivity contribution in [1.29, 1.82) is 0 Å². The zero-order valence-electron chi connectivity index (χ0n) is 15.1. The van der Waals surface area contributed by atoms with E-state index in [-0.39, 0.29) is 0 Å². The van der Waals surface area contributed by atoms with Gasteiger partial charge in [0.05, 0.1) is 26.1 Å². The standard InChI is InChI=1S/C19H20ClN5O2/c1-26-15-7-8-16(17(11-15)27-2)23-18-12-22-25-19(24-18)21-10-9-13-3-5-14(20)6-4-13/h3-8,11-12H,9-10H2,1-2H3,(H2,21,23,24,25). The van der Waals surface area contributed by atoms with Crippen molar-refractivity contribution in [3.05, 3.63) is 59.2 Å². The number of hydrogen-bond donors (Lipinski definition) is 2. The van der Waals surface area contributed by atoms with E-state index in [1.165, 1.54) is 5.56 Å². The summed E-state index contributed by atoms with van der Waals surface area (Å²) in [6.07, 6.45) is 2.37. The number of methoxy groups -OCH3 is 2. The average Bonchev–Trinajstić information content (AvgIpc) is 2.70. The molecule has 2 aromatic carbocycles. The number of nitrogens with one attached hydrogen (secondary N) is 2. The van der Waals surface area contributed by atoms with Gasteiger partial charge in [-0.05, 0) is 36.2 Å². The molecule has 1 heterocycles. The van der Waals surface area contributed by atoms with Crippen LogP contribution in [0.25, 0.3) is 0 Å². The van der Waals surface area contributed by atoms with Crippen LogP contribution in [0.3, 0.4) is 0 Å². The van der Waals surface area contributed by atoms with Gasteiger partial charge < -0.3 is 20.1 Å². The molecule has 8 heteroatoms. The van der Waals surface area contributed by atoms with Gasteiger partial charge in [0, 0.05) is 17.6 Å². The van der Waals surface area contributed by atoms with Gasteiger partial charge in [-0.2, -0.15) is 10.1 Å². The molecule has 0 fully saturated rings. The fraction of sp³-hybridized carbons (Fsp3) is 0.211. The van der Waals surface area contributed by atoms with Crippen LogP contribution in [0.15, 0.2) is 48.7 Å². The molecule has 0 spiro atoms. The van der Waals surface area contributed by atoms with Crippen molar-refractivity contribution in [3.8, 4) is 11.5 Å². The lowest BCUT2D eigenvalue weighted by Gasteiger charge is -2.12. The van der Waals surface area contributed by atoms with Crippen molar-refractivity contribution in [1.82, 2.24) is 15.2 Å². The van der Waals surface area contributed by atoms with Crippen molar-refractivity contribution in [2.24, 2.45) is 0 Å². The summed E-state index contributed by atoms with van der Waals surface area (Å²) < 4.78 is 10.6. The van der Waals surface area contributed by atoms with Crippen molar-refractivity contribution in [2.45, 2.75) is 6.42 Å². The lowest BCUT2D eigenvalue weighted by atomic mass is 10.1. The number of hydrogen-bond acceptors (Lipinski definition) is 7. The minimum atomic E-state index is 0.446. The fourth-order valence-corrected chi connectivity index (χ4v) is 2.57. The second kappa shape index (κ2) is 9.05. The van der Waals surface area contributed by atoms with Crippen LogP contribution in [-0.2, 0) is 6.42 Å². The molecule has 0 bridgehead atoms. The van der Waals surface area contributed by atoms with E-state index in [9.17, 15) is 0 Å². The Morgan fingerprint density at radius 1 is 1.04 bits per heavy atom. The van der Waals surface area contributed by atoms with Crippen molar-refractivity contribution < 1.29 is 9.47 Å². The minimum Gasteiger partial charge on any atom is -0.497 e. The molecule has 7 nitrogen and oxygen atoms in total. The average molecular weight is 386 g/mol. The highest BCUT2D eigenvalue weighted by Gasteiger charge is 2.07. The number of anilines is 3. The third-order valence-electron chi connectivity index (χ3n) is 3.84. The molecule has 0 saturated carbocycles. The van der Waals surface area contributed by atoms with Crippen LogP contribution < -0.4 is 20.1 Å². The first-order valence-corrected chi connectivity index (χ1v) is 8.73. The van der Waals surface area contributed by atoms with Crippen LogP contribution in [0.1, 0.15) is 5.56 Å². The monoisotopic (exact) mass is 385 g/mol. The molecule has 3 aromatic rings. The molecular weight excluding hydrogens is 366 g/mol. The van der Waals surface area contributed by atoms with E-state index in [0.717, 1.165) is 17.1 Å². The summed E-state index contributed by atoms with van der Waals surface area (Å²) in [5.41, 5.74) is 1.93. The van der Waals surface area contributed by atoms with Crippen LogP contribution >= 0.6 is 11.6 Å². The molecule has 0 aliphatic heterocycles. The van der Waals surface area contributed by atoms with E-state index in [1.807, 2.05) is 36.4 Å². The summed E-state index contributed by atoms with van der Waals surface area (Å²) in [6.45, 7) is 0.679. The molecular formula is C19H20ClN5O2. The van der Waals surface area contributed by atoms with Crippen molar-refractivity contribution in [3.63, 3.8) is 0 Å². The largest absolute Gasteiger partial charge is 0.497 e. The van der Waals surface area contributed by atoms with Crippen LogP contribution in [0.5, 0.6) is 11.5 Å². The predicted molar refractivity (Wildman–Crippen MR) is 106 cm³/mol. The summed E-state index contributed by atoms with van der Waals surface area (Å²) in [5, 5.41) is 15.1. The quantitative estimate of drug-likeness (QED) is 0.607. The van der Waals surface area contributed by atoms with Gasteiger partial charge in [-0.15, -0.1) is 5.10 Å². The van der Waals surface area contributed by atoms with E-state index < -0.39 is 0 Å². The number of nitrogens with zero attached hydrogens (tertiary/aromatic N) is 3. The number of benzene rings is 2. The molecule has 0 aliphatic rings. The highest BCUT2D eigenvalue weighted by molar-refractivity contribution is 6.30. The summed E-state index contributed by atoms with van der Waals surface area (Å²) in [7, 11) is 3.21. The van der Waals surface area contributed by atoms with Gasteiger partial charge in [-0.1, -0.05) is 23.7 Å². The smallest absolute Gasteiger partial charge is 0.244 e. The van der Waals surface area contributed by atoms with E-state index in [2.05, 4.69) is 25.8 Å². The second-order valence-electron chi connectivity index (χ2n) is 5.66. The third kappa shape index (κ3) is 5.21. The Bertz CT molecular complexity index is 890. The zero-order valence-corrected chi connectivity index (χ0v) is 15.8. The maximum absolute atomic E-state index is 5.90. The Kier molecular flexibility index (Phi) is 6.27. The highest BCUT2D eigenvalue weighted by Crippen LogP contribution is 2.30. The van der Waals surface area contributed by atoms with Gasteiger partial charge in [0.15, 0.2) is 5.82 Å². The van der Waals surface area contributed by atoms with Crippen molar-refractivity contribution in [2.75, 3.05) is 31.4 Å². The Morgan fingerprint density at radius 3 is 2.59 bits per heavy atom. The van der Waals surface area contributed by atoms with Crippen LogP contribution in [0, 0.1) is 0 Å². The van der Waals surface area contributed by atoms with E-state index in [4.69, 9.17) is 21.1 Å². The zero-order chi connectivity index (χ0) is 19.1. The topological polar surface area (TPSA) is 81.2 Å². The first-order valence-electron chi connectivity index (χ1n) is 8.35. The maximum Gasteiger partial charge on any atom is 0.244 e. The molecule has 0 radical (unpaired) electrons. The number of aromatic nitrogens is 3. The van der Waals surface area contributed by atoms with Crippen LogP contribution in [0.2, 0.25) is 5.02 Å². The van der Waals surface area contributed by atoms with E-state index >= 15 is 0 Å². The third-order valence-corrected chi connectivity index (χ3v) is 4.09. The normalized spacial score (nSPS) is 10.3. The molecule has 0 unspecified atom stereocenters. The second-order valence-corrected chi connectivity index (χ2v) is 6.10. The SMILES string of the molecule is COc1ccc(Nc2cnnc(NCCc3ccc(Cl)cc3)n2)c(OC)c1. The molecule has 1 aromatic heterocycles. The summed E-state index contributed by atoms with van der Waals surface area (Å²) >= 11 is 5.90. The van der Waals surface area contributed by atoms with E-state index in [0.29, 0.717) is 29.8 Å². The molecule has 3 rings (SSSR count). The number of rotatable bonds is 8. The Labute approximate surface area is 162 Å². The van der Waals surface area contributed by atoms with Gasteiger partial charge >= 0.3 is 0 Å². The fourth-order valence-electron chi connectivity index (χ4n) is 2.45. The van der Waals surface area contributed by atoms with Gasteiger partial charge in [0.2, 0.25) is 5.95 Å². The Hall–Kier alpha value is -3.06. The lowest BCUT2D eigenvalue weighted by molar-refractivity contribution is 0.395. The summed E-state index contributed by atoms with van der Waals surface area (Å²) in [5.74, 6) is 2.36. The van der Waals surface area contributed by atoms with Gasteiger partial charge in [-0.25, -0.2) is 0 Å². The molecule has 0 atom stereocenters. The minimum absolute atomic E-state index is 0.446. The molecule has 27 heavy (non-hydrogen) atoms. The molecule has 0 aliphatic carbocycles. The number of ether oxygens (including phenoxy) is 2. The first-order chi connectivity index (χ1) is 13.2. The van der Waals surface area contributed by atoms with Crippen LogP contribution in [0.4, 0.5) is 17.5 Å². The first kappa shape index (κ1) is 18.7. The molecule has 140 valence electrons. The number of halogens is 1. The molecule has 0 amide bonds. The van der Waals surface area contributed by atoms with E-state index in [1.54, 1.807) is 26.5 Å². The Balaban J connectivity index is 1.62.